The van der Waals surface area contributed by atoms with Gasteiger partial charge in [0, 0.05) is 27.2 Å². The number of guanidine groups is 1. The van der Waals surface area contributed by atoms with E-state index in [-0.39, 0.29) is 17.5 Å². The molecule has 0 spiro atoms. The first-order valence-corrected chi connectivity index (χ1v) is 11.6. The van der Waals surface area contributed by atoms with Gasteiger partial charge in [-0.15, -0.1) is 0 Å². The number of aryl methyl sites for hydroxylation is 1. The van der Waals surface area contributed by atoms with Crippen molar-refractivity contribution in [2.45, 2.75) is 31.4 Å². The molecule has 0 fully saturated rings. The number of nitrogens with zero attached hydrogens (tertiary/aromatic N) is 1. The van der Waals surface area contributed by atoms with Crippen molar-refractivity contribution in [3.8, 4) is 5.75 Å². The molecule has 31 heavy (non-hydrogen) atoms. The molecule has 1 unspecified atom stereocenters. The number of nitrogens with one attached hydrogen (secondary N) is 3. The molecule has 3 N–H and O–H groups in total. The molecule has 0 bridgehead atoms. The number of para-hydroxylation sites is 1. The highest BCUT2D eigenvalue weighted by atomic mass is 32.2. The molecule has 0 heterocycles. The predicted molar refractivity (Wildman–Crippen MR) is 123 cm³/mol. The number of ether oxygens (including phenoxy) is 2. The molecule has 1 atom stereocenters. The molecule has 0 aliphatic rings. The highest BCUT2D eigenvalue weighted by Crippen LogP contribution is 2.17. The van der Waals surface area contributed by atoms with E-state index in [4.69, 9.17) is 9.47 Å². The zero-order chi connectivity index (χ0) is 22.7. The first-order chi connectivity index (χ1) is 14.9. The van der Waals surface area contributed by atoms with Gasteiger partial charge in [-0.1, -0.05) is 30.3 Å². The number of hydrogen-bond donors (Lipinski definition) is 3. The lowest BCUT2D eigenvalue weighted by Gasteiger charge is -2.19. The van der Waals surface area contributed by atoms with E-state index in [1.165, 1.54) is 7.11 Å². The highest BCUT2D eigenvalue weighted by Gasteiger charge is 2.14. The van der Waals surface area contributed by atoms with Crippen molar-refractivity contribution in [3.63, 3.8) is 0 Å². The molecular formula is C22H32N4O4S. The summed E-state index contributed by atoms with van der Waals surface area (Å²) in [6.45, 7) is 5.52. The summed E-state index contributed by atoms with van der Waals surface area (Å²) in [5.41, 5.74) is 1.91. The summed E-state index contributed by atoms with van der Waals surface area (Å²) in [5, 5.41) is 6.42. The van der Waals surface area contributed by atoms with Gasteiger partial charge in [-0.25, -0.2) is 13.1 Å². The molecule has 2 aromatic carbocycles. The van der Waals surface area contributed by atoms with Crippen LogP contribution in [0.1, 0.15) is 18.1 Å². The van der Waals surface area contributed by atoms with Crippen LogP contribution in [0.3, 0.4) is 0 Å². The van der Waals surface area contributed by atoms with Crippen molar-refractivity contribution in [1.29, 1.82) is 0 Å². The van der Waals surface area contributed by atoms with E-state index in [9.17, 15) is 8.42 Å². The number of benzene rings is 2. The summed E-state index contributed by atoms with van der Waals surface area (Å²) in [6.07, 6.45) is -0.0636. The summed E-state index contributed by atoms with van der Waals surface area (Å²) >= 11 is 0. The zero-order valence-corrected chi connectivity index (χ0v) is 19.3. The summed E-state index contributed by atoms with van der Waals surface area (Å²) < 4.78 is 38.1. The number of sulfonamides is 1. The fraction of sp³-hybridized carbons (Fsp3) is 0.409. The van der Waals surface area contributed by atoms with Crippen LogP contribution in [0.4, 0.5) is 0 Å². The van der Waals surface area contributed by atoms with Gasteiger partial charge in [-0.2, -0.15) is 0 Å². The second-order valence-electron chi connectivity index (χ2n) is 7.04. The van der Waals surface area contributed by atoms with E-state index in [0.29, 0.717) is 25.7 Å². The minimum atomic E-state index is -3.57. The second kappa shape index (κ2) is 12.3. The van der Waals surface area contributed by atoms with Crippen molar-refractivity contribution in [3.05, 3.63) is 59.7 Å². The van der Waals surface area contributed by atoms with Crippen LogP contribution < -0.4 is 20.1 Å². The largest absolute Gasteiger partial charge is 0.489 e. The average Bonchev–Trinajstić information content (AvgIpc) is 2.76. The summed E-state index contributed by atoms with van der Waals surface area (Å²) in [7, 11) is -0.366. The lowest BCUT2D eigenvalue weighted by atomic mass is 10.2. The fourth-order valence-corrected chi connectivity index (χ4v) is 3.86. The van der Waals surface area contributed by atoms with E-state index >= 15 is 0 Å². The fourth-order valence-electron chi connectivity index (χ4n) is 2.78. The van der Waals surface area contributed by atoms with E-state index in [0.717, 1.165) is 16.9 Å². The monoisotopic (exact) mass is 448 g/mol. The Balaban J connectivity index is 1.87. The van der Waals surface area contributed by atoms with Gasteiger partial charge in [-0.3, -0.25) is 4.99 Å². The molecule has 0 amide bonds. The van der Waals surface area contributed by atoms with Gasteiger partial charge in [0.25, 0.3) is 0 Å². The minimum absolute atomic E-state index is 0.0636. The molecule has 0 saturated carbocycles. The molecule has 0 saturated heterocycles. The third kappa shape index (κ3) is 8.20. The Hall–Kier alpha value is -2.62. The Labute approximate surface area is 185 Å². The van der Waals surface area contributed by atoms with Gasteiger partial charge in [0.1, 0.15) is 11.9 Å². The van der Waals surface area contributed by atoms with Gasteiger partial charge in [0.15, 0.2) is 5.96 Å². The van der Waals surface area contributed by atoms with E-state index < -0.39 is 10.0 Å². The predicted octanol–water partition coefficient (Wildman–Crippen LogP) is 2.05. The molecule has 0 radical (unpaired) electrons. The normalized spacial score (nSPS) is 13.0. The number of rotatable bonds is 11. The van der Waals surface area contributed by atoms with Gasteiger partial charge >= 0.3 is 0 Å². The van der Waals surface area contributed by atoms with Crippen molar-refractivity contribution >= 4 is 16.0 Å². The standard InChI is InChI=1S/C22H32N4O4S/c1-17-8-5-6-11-21(17)30-18(2)15-24-22(23-3)25-16-19-9-7-10-20(14-19)31(27,28)26-12-13-29-4/h5-11,14,18,26H,12-13,15-16H2,1-4H3,(H2,23,24,25). The number of aliphatic imine (C=N–C) groups is 1. The van der Waals surface area contributed by atoms with E-state index in [2.05, 4.69) is 20.3 Å². The lowest BCUT2D eigenvalue weighted by molar-refractivity contribution is 0.204. The Morgan fingerprint density at radius 2 is 1.90 bits per heavy atom. The van der Waals surface area contributed by atoms with Crippen LogP contribution in [0, 0.1) is 6.92 Å². The molecule has 9 heteroatoms. The SMILES string of the molecule is CN=C(NCc1cccc(S(=O)(=O)NCCOC)c1)NCC(C)Oc1ccccc1C. The summed E-state index contributed by atoms with van der Waals surface area (Å²) in [4.78, 5) is 4.43. The smallest absolute Gasteiger partial charge is 0.240 e. The summed E-state index contributed by atoms with van der Waals surface area (Å²) in [5.74, 6) is 1.46. The van der Waals surface area contributed by atoms with Crippen molar-refractivity contribution in [1.82, 2.24) is 15.4 Å². The third-order valence-corrected chi connectivity index (χ3v) is 5.93. The average molecular weight is 449 g/mol. The second-order valence-corrected chi connectivity index (χ2v) is 8.81. The molecule has 0 aromatic heterocycles. The molecule has 2 rings (SSSR count). The Bertz CT molecular complexity index is 963. The quantitative estimate of drug-likeness (QED) is 0.276. The van der Waals surface area contributed by atoms with Gasteiger partial charge in [0.2, 0.25) is 10.0 Å². The van der Waals surface area contributed by atoms with Crippen LogP contribution in [0.5, 0.6) is 5.75 Å². The molecule has 0 aliphatic heterocycles. The maximum Gasteiger partial charge on any atom is 0.240 e. The van der Waals surface area contributed by atoms with E-state index in [1.54, 1.807) is 25.2 Å². The Morgan fingerprint density at radius 3 is 2.61 bits per heavy atom. The van der Waals surface area contributed by atoms with Crippen molar-refractivity contribution in [2.75, 3.05) is 33.9 Å². The van der Waals surface area contributed by atoms with E-state index in [1.807, 2.05) is 44.2 Å². The topological polar surface area (TPSA) is 101 Å². The molecular weight excluding hydrogens is 416 g/mol. The third-order valence-electron chi connectivity index (χ3n) is 4.47. The van der Waals surface area contributed by atoms with Crippen LogP contribution >= 0.6 is 0 Å². The van der Waals surface area contributed by atoms with Gasteiger partial charge < -0.3 is 20.1 Å². The maximum atomic E-state index is 12.4. The number of methoxy groups -OCH3 is 1. The summed E-state index contributed by atoms with van der Waals surface area (Å²) in [6, 6.07) is 14.7. The molecule has 0 aliphatic carbocycles. The molecule has 170 valence electrons. The van der Waals surface area contributed by atoms with Crippen molar-refractivity contribution < 1.29 is 17.9 Å². The van der Waals surface area contributed by atoms with Crippen LogP contribution in [-0.2, 0) is 21.3 Å². The van der Waals surface area contributed by atoms with Gasteiger partial charge in [-0.05, 0) is 43.2 Å². The van der Waals surface area contributed by atoms with Crippen LogP contribution in [-0.4, -0.2) is 54.3 Å². The number of hydrogen-bond acceptors (Lipinski definition) is 5. The Morgan fingerprint density at radius 1 is 1.13 bits per heavy atom. The first-order valence-electron chi connectivity index (χ1n) is 10.1. The lowest BCUT2D eigenvalue weighted by Crippen LogP contribution is -2.41. The van der Waals surface area contributed by atoms with Crippen LogP contribution in [0.2, 0.25) is 0 Å². The molecule has 8 nitrogen and oxygen atoms in total. The van der Waals surface area contributed by atoms with Crippen molar-refractivity contribution in [2.24, 2.45) is 4.99 Å². The van der Waals surface area contributed by atoms with Crippen LogP contribution in [0.15, 0.2) is 58.4 Å². The van der Waals surface area contributed by atoms with Crippen LogP contribution in [0.25, 0.3) is 0 Å². The first kappa shape index (κ1) is 24.6. The maximum absolute atomic E-state index is 12.4. The zero-order valence-electron chi connectivity index (χ0n) is 18.5. The minimum Gasteiger partial charge on any atom is -0.489 e. The van der Waals surface area contributed by atoms with Gasteiger partial charge in [0.05, 0.1) is 18.0 Å². The molecule has 2 aromatic rings. The highest BCUT2D eigenvalue weighted by molar-refractivity contribution is 7.89. The Kier molecular flexibility index (Phi) is 9.77.